The van der Waals surface area contributed by atoms with Gasteiger partial charge in [0.15, 0.2) is 0 Å². The molecule has 0 aliphatic rings. The van der Waals surface area contributed by atoms with Gasteiger partial charge < -0.3 is 19.2 Å². The number of nitrogens with zero attached hydrogens (tertiary/aromatic N) is 2. The van der Waals surface area contributed by atoms with E-state index in [0.29, 0.717) is 37.5 Å². The first-order chi connectivity index (χ1) is 13.7. The molecular weight excluding hydrogens is 358 g/mol. The minimum absolute atomic E-state index is 0.206. The van der Waals surface area contributed by atoms with Gasteiger partial charge in [0, 0.05) is 30.9 Å². The maximum absolute atomic E-state index is 12.3. The average molecular weight is 381 g/mol. The van der Waals surface area contributed by atoms with Gasteiger partial charge in [-0.1, -0.05) is 12.1 Å². The number of aromatic nitrogens is 2. The normalized spacial score (nSPS) is 10.6. The number of pyridine rings is 1. The highest BCUT2D eigenvalue weighted by molar-refractivity contribution is 5.94. The quantitative estimate of drug-likeness (QED) is 0.455. The molecule has 0 atom stereocenters. The Balaban J connectivity index is 1.50. The molecule has 28 heavy (non-hydrogen) atoms. The van der Waals surface area contributed by atoms with Gasteiger partial charge in [-0.2, -0.15) is 0 Å². The smallest absolute Gasteiger partial charge is 0.305 e. The number of carbonyl (C=O) groups excluding carboxylic acids is 2. The Morgan fingerprint density at radius 2 is 2.07 bits per heavy atom. The van der Waals surface area contributed by atoms with E-state index in [-0.39, 0.29) is 18.3 Å². The van der Waals surface area contributed by atoms with Crippen LogP contribution >= 0.6 is 0 Å². The van der Waals surface area contributed by atoms with Gasteiger partial charge in [0.1, 0.15) is 18.0 Å². The van der Waals surface area contributed by atoms with E-state index < -0.39 is 0 Å². The van der Waals surface area contributed by atoms with Crippen molar-refractivity contribution in [3.05, 3.63) is 66.1 Å². The fraction of sp³-hybridized carbons (Fsp3) is 0.286. The van der Waals surface area contributed by atoms with Crippen molar-refractivity contribution in [1.29, 1.82) is 0 Å². The molecule has 0 saturated heterocycles. The maximum Gasteiger partial charge on any atom is 0.305 e. The van der Waals surface area contributed by atoms with Crippen molar-refractivity contribution in [3.8, 4) is 5.75 Å². The summed E-state index contributed by atoms with van der Waals surface area (Å²) in [4.78, 5) is 28.0. The lowest BCUT2D eigenvalue weighted by Gasteiger charge is -2.08. The molecule has 3 rings (SSSR count). The van der Waals surface area contributed by atoms with Crippen molar-refractivity contribution in [3.63, 3.8) is 0 Å². The number of hydrogen-bond acceptors (Lipinski definition) is 5. The molecule has 146 valence electrons. The molecule has 1 amide bonds. The van der Waals surface area contributed by atoms with E-state index in [2.05, 4.69) is 10.3 Å². The first-order valence-corrected chi connectivity index (χ1v) is 9.25. The Morgan fingerprint density at radius 1 is 1.18 bits per heavy atom. The van der Waals surface area contributed by atoms with Crippen molar-refractivity contribution in [2.75, 3.05) is 13.2 Å². The summed E-state index contributed by atoms with van der Waals surface area (Å²) in [5.74, 6) is 0.136. The molecule has 0 saturated carbocycles. The zero-order chi connectivity index (χ0) is 19.8. The molecule has 0 unspecified atom stereocenters. The second kappa shape index (κ2) is 9.55. The number of nitrogens with one attached hydrogen (secondary N) is 1. The summed E-state index contributed by atoms with van der Waals surface area (Å²) in [7, 11) is 0. The van der Waals surface area contributed by atoms with Crippen LogP contribution in [0.2, 0.25) is 0 Å². The molecule has 0 aliphatic carbocycles. The molecular formula is C21H23N3O4. The fourth-order valence-electron chi connectivity index (χ4n) is 2.71. The average Bonchev–Trinajstić information content (AvgIpc) is 3.13. The topological polar surface area (TPSA) is 81.9 Å². The molecule has 1 N–H and O–H groups in total. The molecule has 3 aromatic rings. The van der Waals surface area contributed by atoms with Crippen LogP contribution < -0.4 is 10.1 Å². The molecule has 1 aromatic carbocycles. The third-order valence-corrected chi connectivity index (χ3v) is 4.05. The first kappa shape index (κ1) is 19.4. The van der Waals surface area contributed by atoms with Gasteiger partial charge in [-0.25, -0.2) is 4.98 Å². The van der Waals surface area contributed by atoms with Gasteiger partial charge in [-0.15, -0.1) is 0 Å². The van der Waals surface area contributed by atoms with Crippen LogP contribution in [0.3, 0.4) is 0 Å². The lowest BCUT2D eigenvalue weighted by atomic mass is 10.2. The number of amides is 1. The van der Waals surface area contributed by atoms with Crippen LogP contribution in [0.15, 0.2) is 54.9 Å². The Labute approximate surface area is 163 Å². The SMILES string of the molecule is CCOC(=O)CCCNC(=O)c1cccc(OCc2cn3ccccc3n2)c1. The monoisotopic (exact) mass is 381 g/mol. The number of hydrogen-bond donors (Lipinski definition) is 1. The summed E-state index contributed by atoms with van der Waals surface area (Å²) >= 11 is 0. The number of carbonyl (C=O) groups is 2. The Hall–Kier alpha value is -3.35. The van der Waals surface area contributed by atoms with Gasteiger partial charge in [0.2, 0.25) is 0 Å². The fourth-order valence-corrected chi connectivity index (χ4v) is 2.71. The zero-order valence-corrected chi connectivity index (χ0v) is 15.8. The Bertz CT molecular complexity index is 918. The molecule has 0 aliphatic heterocycles. The molecule has 2 heterocycles. The minimum atomic E-state index is -0.251. The van der Waals surface area contributed by atoms with E-state index >= 15 is 0 Å². The lowest BCUT2D eigenvalue weighted by molar-refractivity contribution is -0.143. The van der Waals surface area contributed by atoms with Crippen LogP contribution in [0.4, 0.5) is 0 Å². The Morgan fingerprint density at radius 3 is 2.89 bits per heavy atom. The van der Waals surface area contributed by atoms with Crippen LogP contribution in [0, 0.1) is 0 Å². The standard InChI is InChI=1S/C21H23N3O4/c1-2-27-20(25)10-6-11-22-21(26)16-7-5-8-18(13-16)28-15-17-14-24-12-4-3-9-19(24)23-17/h3-5,7-9,12-14H,2,6,10-11,15H2,1H3,(H,22,26). The highest BCUT2D eigenvalue weighted by Crippen LogP contribution is 2.15. The van der Waals surface area contributed by atoms with Crippen LogP contribution in [-0.2, 0) is 16.1 Å². The van der Waals surface area contributed by atoms with Gasteiger partial charge >= 0.3 is 5.97 Å². The molecule has 2 aromatic heterocycles. The van der Waals surface area contributed by atoms with Crippen molar-refractivity contribution < 1.29 is 19.1 Å². The predicted molar refractivity (Wildman–Crippen MR) is 104 cm³/mol. The molecule has 0 fully saturated rings. The van der Waals surface area contributed by atoms with E-state index in [1.165, 1.54) is 0 Å². The molecule has 0 spiro atoms. The van der Waals surface area contributed by atoms with E-state index in [9.17, 15) is 9.59 Å². The summed E-state index contributed by atoms with van der Waals surface area (Å²) in [5, 5.41) is 2.80. The van der Waals surface area contributed by atoms with Crippen LogP contribution in [0.1, 0.15) is 35.8 Å². The highest BCUT2D eigenvalue weighted by Gasteiger charge is 2.08. The van der Waals surface area contributed by atoms with Gasteiger partial charge in [0.25, 0.3) is 5.91 Å². The number of esters is 1. The summed E-state index contributed by atoms with van der Waals surface area (Å²) in [6.45, 7) is 2.85. The number of benzene rings is 1. The lowest BCUT2D eigenvalue weighted by Crippen LogP contribution is -2.25. The molecule has 7 nitrogen and oxygen atoms in total. The zero-order valence-electron chi connectivity index (χ0n) is 15.8. The second-order valence-corrected chi connectivity index (χ2v) is 6.18. The number of imidazole rings is 1. The third-order valence-electron chi connectivity index (χ3n) is 4.05. The number of ether oxygens (including phenoxy) is 2. The van der Waals surface area contributed by atoms with E-state index in [0.717, 1.165) is 11.3 Å². The summed E-state index contributed by atoms with van der Waals surface area (Å²) < 4.78 is 12.6. The van der Waals surface area contributed by atoms with E-state index in [1.807, 2.05) is 35.0 Å². The van der Waals surface area contributed by atoms with E-state index in [1.54, 1.807) is 31.2 Å². The first-order valence-electron chi connectivity index (χ1n) is 9.25. The van der Waals surface area contributed by atoms with Crippen LogP contribution in [-0.4, -0.2) is 34.4 Å². The van der Waals surface area contributed by atoms with Gasteiger partial charge in [0.05, 0.1) is 12.3 Å². The molecule has 7 heteroatoms. The van der Waals surface area contributed by atoms with Gasteiger partial charge in [-0.05, 0) is 43.7 Å². The predicted octanol–water partition coefficient (Wildman–Crippen LogP) is 2.99. The van der Waals surface area contributed by atoms with Crippen molar-refractivity contribution in [2.24, 2.45) is 0 Å². The Kier molecular flexibility index (Phi) is 6.62. The molecule has 0 bridgehead atoms. The van der Waals surface area contributed by atoms with E-state index in [4.69, 9.17) is 9.47 Å². The largest absolute Gasteiger partial charge is 0.487 e. The summed E-state index contributed by atoms with van der Waals surface area (Å²) in [6.07, 6.45) is 4.67. The van der Waals surface area contributed by atoms with Crippen LogP contribution in [0.25, 0.3) is 5.65 Å². The second-order valence-electron chi connectivity index (χ2n) is 6.18. The highest BCUT2D eigenvalue weighted by atomic mass is 16.5. The molecule has 0 radical (unpaired) electrons. The number of fused-ring (bicyclic) bond motifs is 1. The van der Waals surface area contributed by atoms with Crippen molar-refractivity contribution >= 4 is 17.5 Å². The van der Waals surface area contributed by atoms with Crippen LogP contribution in [0.5, 0.6) is 5.75 Å². The minimum Gasteiger partial charge on any atom is -0.487 e. The van der Waals surface area contributed by atoms with Crippen molar-refractivity contribution in [1.82, 2.24) is 14.7 Å². The summed E-state index contributed by atoms with van der Waals surface area (Å²) in [5.41, 5.74) is 2.17. The van der Waals surface area contributed by atoms with Crippen molar-refractivity contribution in [2.45, 2.75) is 26.4 Å². The summed E-state index contributed by atoms with van der Waals surface area (Å²) in [6, 6.07) is 12.8. The third kappa shape index (κ3) is 5.33. The number of rotatable bonds is 9. The maximum atomic E-state index is 12.3. The van der Waals surface area contributed by atoms with Gasteiger partial charge in [-0.3, -0.25) is 9.59 Å².